The molecule has 1 aromatic rings. The number of nitrogens with zero attached hydrogens (tertiary/aromatic N) is 1. The third-order valence-corrected chi connectivity index (χ3v) is 5.22. The number of nitrogens with two attached hydrogens (primary N) is 1. The standard InChI is InChI=1S/C19H25BN2O7/c1-10(7-14(23)11(2)21)18(24)22-8-13(9-22)28-15-4-3-12-5-6-20(27)29-17(12)16(15)19(25)26/h3-4,10-11,13,27H,5-9,21H2,1-2H3,(H,25,26)/t10-,11+/m1/s1. The first-order chi connectivity index (χ1) is 13.7. The Morgan fingerprint density at radius 1 is 1.34 bits per heavy atom. The summed E-state index contributed by atoms with van der Waals surface area (Å²) in [7, 11) is -1.05. The van der Waals surface area contributed by atoms with Crippen molar-refractivity contribution in [2.24, 2.45) is 11.7 Å². The smallest absolute Gasteiger partial charge is 0.522 e. The van der Waals surface area contributed by atoms with Crippen LogP contribution >= 0.6 is 0 Å². The fourth-order valence-electron chi connectivity index (χ4n) is 3.47. The van der Waals surface area contributed by atoms with E-state index in [1.807, 2.05) is 0 Å². The number of rotatable bonds is 7. The van der Waals surface area contributed by atoms with Crippen molar-refractivity contribution < 1.29 is 33.9 Å². The lowest BCUT2D eigenvalue weighted by Gasteiger charge is -2.40. The Morgan fingerprint density at radius 3 is 2.66 bits per heavy atom. The highest BCUT2D eigenvalue weighted by atomic mass is 16.5. The lowest BCUT2D eigenvalue weighted by Crippen LogP contribution is -2.57. The molecule has 9 nitrogen and oxygen atoms in total. The van der Waals surface area contributed by atoms with Crippen LogP contribution in [-0.2, 0) is 16.0 Å². The molecule has 1 aromatic carbocycles. The van der Waals surface area contributed by atoms with Gasteiger partial charge < -0.3 is 30.2 Å². The maximum Gasteiger partial charge on any atom is 0.522 e. The molecular formula is C19H25BN2O7. The van der Waals surface area contributed by atoms with Crippen LogP contribution < -0.4 is 15.1 Å². The Bertz CT molecular complexity index is 823. The predicted molar refractivity (Wildman–Crippen MR) is 104 cm³/mol. The molecule has 1 saturated heterocycles. The van der Waals surface area contributed by atoms with Crippen LogP contribution in [0.5, 0.6) is 11.5 Å². The summed E-state index contributed by atoms with van der Waals surface area (Å²) in [6.45, 7) is 3.88. The maximum absolute atomic E-state index is 12.4. The van der Waals surface area contributed by atoms with E-state index in [2.05, 4.69) is 0 Å². The van der Waals surface area contributed by atoms with E-state index < -0.39 is 25.0 Å². The number of aromatic carboxylic acids is 1. The number of hydrogen-bond acceptors (Lipinski definition) is 7. The summed E-state index contributed by atoms with van der Waals surface area (Å²) in [6, 6.07) is 2.71. The van der Waals surface area contributed by atoms with E-state index in [-0.39, 0.29) is 41.3 Å². The maximum atomic E-state index is 12.4. The fraction of sp³-hybridized carbons (Fsp3) is 0.526. The van der Waals surface area contributed by atoms with E-state index in [1.54, 1.807) is 30.9 Å². The summed E-state index contributed by atoms with van der Waals surface area (Å²) in [5.41, 5.74) is 6.13. The molecule has 10 heteroatoms. The number of amides is 1. The van der Waals surface area contributed by atoms with Gasteiger partial charge in [0.2, 0.25) is 5.91 Å². The van der Waals surface area contributed by atoms with Crippen molar-refractivity contribution in [1.29, 1.82) is 0 Å². The SMILES string of the molecule is C[C@H](N)C(=O)C[C@@H](C)C(=O)N1CC(Oc2ccc3c(c2C(=O)O)OB(O)CC3)C1. The van der Waals surface area contributed by atoms with Crippen LogP contribution in [0.1, 0.15) is 36.2 Å². The topological polar surface area (TPSA) is 139 Å². The first-order valence-electron chi connectivity index (χ1n) is 9.65. The number of carbonyl (C=O) groups excluding carboxylic acids is 2. The van der Waals surface area contributed by atoms with Gasteiger partial charge in [0, 0.05) is 12.3 Å². The van der Waals surface area contributed by atoms with Crippen molar-refractivity contribution in [3.05, 3.63) is 23.3 Å². The van der Waals surface area contributed by atoms with Crippen molar-refractivity contribution in [3.8, 4) is 11.5 Å². The number of fused-ring (bicyclic) bond motifs is 1. The lowest BCUT2D eigenvalue weighted by molar-refractivity contribution is -0.145. The van der Waals surface area contributed by atoms with Crippen LogP contribution in [-0.4, -0.2) is 65.0 Å². The van der Waals surface area contributed by atoms with E-state index in [4.69, 9.17) is 15.1 Å². The molecule has 0 spiro atoms. The highest BCUT2D eigenvalue weighted by Gasteiger charge is 2.37. The zero-order valence-electron chi connectivity index (χ0n) is 16.5. The molecule has 2 atom stereocenters. The number of carboxylic acid groups (broad SMARTS) is 1. The van der Waals surface area contributed by atoms with Gasteiger partial charge >= 0.3 is 13.1 Å². The number of aryl methyl sites for hydroxylation is 1. The molecule has 2 aliphatic rings. The van der Waals surface area contributed by atoms with Gasteiger partial charge in [-0.1, -0.05) is 13.0 Å². The monoisotopic (exact) mass is 404 g/mol. The summed E-state index contributed by atoms with van der Waals surface area (Å²) in [4.78, 5) is 37.5. The van der Waals surface area contributed by atoms with Crippen molar-refractivity contribution in [2.45, 2.75) is 45.2 Å². The molecule has 0 aliphatic carbocycles. The van der Waals surface area contributed by atoms with E-state index in [0.717, 1.165) is 0 Å². The van der Waals surface area contributed by atoms with Gasteiger partial charge in [0.25, 0.3) is 0 Å². The van der Waals surface area contributed by atoms with E-state index >= 15 is 0 Å². The second-order valence-corrected chi connectivity index (χ2v) is 7.69. The van der Waals surface area contributed by atoms with Crippen molar-refractivity contribution in [3.63, 3.8) is 0 Å². The van der Waals surface area contributed by atoms with Crippen molar-refractivity contribution in [1.82, 2.24) is 4.90 Å². The molecular weight excluding hydrogens is 379 g/mol. The van der Waals surface area contributed by atoms with Gasteiger partial charge in [0.15, 0.2) is 0 Å². The van der Waals surface area contributed by atoms with Crippen LogP contribution in [0.4, 0.5) is 0 Å². The lowest BCUT2D eigenvalue weighted by atomic mass is 9.78. The number of hydrogen-bond donors (Lipinski definition) is 3. The third kappa shape index (κ3) is 4.54. The normalized spacial score (nSPS) is 18.2. The largest absolute Gasteiger partial charge is 0.535 e. The molecule has 1 fully saturated rings. The number of carboxylic acids is 1. The van der Waals surface area contributed by atoms with Gasteiger partial charge in [0.1, 0.15) is 28.9 Å². The van der Waals surface area contributed by atoms with Crippen LogP contribution in [0.15, 0.2) is 12.1 Å². The molecule has 4 N–H and O–H groups in total. The van der Waals surface area contributed by atoms with Gasteiger partial charge in [-0.15, -0.1) is 0 Å². The van der Waals surface area contributed by atoms with E-state index in [0.29, 0.717) is 31.4 Å². The van der Waals surface area contributed by atoms with Gasteiger partial charge in [-0.05, 0) is 31.3 Å². The molecule has 1 amide bonds. The van der Waals surface area contributed by atoms with Gasteiger partial charge in [-0.3, -0.25) is 9.59 Å². The number of ether oxygens (including phenoxy) is 1. The summed E-state index contributed by atoms with van der Waals surface area (Å²) >= 11 is 0. The number of ketones is 1. The van der Waals surface area contributed by atoms with E-state index in [1.165, 1.54) is 0 Å². The number of Topliss-reactive ketones (excluding diaryl/α,β-unsaturated/α-hetero) is 1. The van der Waals surface area contributed by atoms with Crippen LogP contribution in [0.3, 0.4) is 0 Å². The van der Waals surface area contributed by atoms with Crippen molar-refractivity contribution >= 4 is 24.8 Å². The number of likely N-dealkylation sites (tertiary alicyclic amines) is 1. The summed E-state index contributed by atoms with van der Waals surface area (Å²) in [5, 5.41) is 19.3. The second kappa shape index (κ2) is 8.42. The van der Waals surface area contributed by atoms with Gasteiger partial charge in [0.05, 0.1) is 19.1 Å². The average Bonchev–Trinajstić information content (AvgIpc) is 2.62. The molecule has 3 rings (SSSR count). The minimum Gasteiger partial charge on any atom is -0.535 e. The summed E-state index contributed by atoms with van der Waals surface area (Å²) in [5.74, 6) is -1.73. The zero-order valence-corrected chi connectivity index (χ0v) is 16.5. The van der Waals surface area contributed by atoms with Crippen LogP contribution in [0.2, 0.25) is 6.32 Å². The molecule has 0 unspecified atom stereocenters. The first kappa shape index (κ1) is 21.1. The Hall–Kier alpha value is -2.59. The minimum absolute atomic E-state index is 0.0895. The highest BCUT2D eigenvalue weighted by Crippen LogP contribution is 2.37. The average molecular weight is 404 g/mol. The van der Waals surface area contributed by atoms with Gasteiger partial charge in [-0.2, -0.15) is 0 Å². The molecule has 0 aromatic heterocycles. The Kier molecular flexibility index (Phi) is 6.14. The minimum atomic E-state index is -1.21. The zero-order chi connectivity index (χ0) is 21.3. The molecule has 156 valence electrons. The molecule has 0 radical (unpaired) electrons. The Balaban J connectivity index is 1.63. The molecule has 2 aliphatic heterocycles. The molecule has 2 heterocycles. The summed E-state index contributed by atoms with van der Waals surface area (Å²) < 4.78 is 11.1. The van der Waals surface area contributed by atoms with Crippen molar-refractivity contribution in [2.75, 3.05) is 13.1 Å². The fourth-order valence-corrected chi connectivity index (χ4v) is 3.47. The highest BCUT2D eigenvalue weighted by molar-refractivity contribution is 6.44. The molecule has 0 bridgehead atoms. The molecule has 29 heavy (non-hydrogen) atoms. The summed E-state index contributed by atoms with van der Waals surface area (Å²) in [6.07, 6.45) is 0.641. The Labute approximate surface area is 168 Å². The number of benzene rings is 1. The second-order valence-electron chi connectivity index (χ2n) is 7.69. The van der Waals surface area contributed by atoms with Gasteiger partial charge in [-0.25, -0.2) is 4.79 Å². The van der Waals surface area contributed by atoms with Crippen LogP contribution in [0, 0.1) is 5.92 Å². The van der Waals surface area contributed by atoms with Crippen LogP contribution in [0.25, 0.3) is 0 Å². The van der Waals surface area contributed by atoms with E-state index in [9.17, 15) is 24.5 Å². The quantitative estimate of drug-likeness (QED) is 0.553. The first-order valence-corrected chi connectivity index (χ1v) is 9.65. The third-order valence-electron chi connectivity index (χ3n) is 5.22. The molecule has 0 saturated carbocycles. The predicted octanol–water partition coefficient (Wildman–Crippen LogP) is 0.332. The number of carbonyl (C=O) groups is 3. The Morgan fingerprint density at radius 2 is 2.03 bits per heavy atom.